The summed E-state index contributed by atoms with van der Waals surface area (Å²) in [5.74, 6) is 0.529. The van der Waals surface area contributed by atoms with Crippen LogP contribution in [0.15, 0.2) is 36.4 Å². The summed E-state index contributed by atoms with van der Waals surface area (Å²) in [7, 11) is 0. The lowest BCUT2D eigenvalue weighted by Gasteiger charge is -2.08. The lowest BCUT2D eigenvalue weighted by Crippen LogP contribution is -1.99. The van der Waals surface area contributed by atoms with Crippen molar-refractivity contribution in [2.75, 3.05) is 0 Å². The summed E-state index contributed by atoms with van der Waals surface area (Å²) in [6, 6.07) is 10.6. The molecule has 0 bridgehead atoms. The summed E-state index contributed by atoms with van der Waals surface area (Å²) < 4.78 is 15.2. The molecule has 3 aromatic rings. The third-order valence-electron chi connectivity index (χ3n) is 3.16. The highest BCUT2D eigenvalue weighted by atomic mass is 35.5. The fourth-order valence-corrected chi connectivity index (χ4v) is 2.60. The van der Waals surface area contributed by atoms with Crippen LogP contribution in [0.1, 0.15) is 11.4 Å². The molecule has 0 unspecified atom stereocenters. The van der Waals surface area contributed by atoms with Gasteiger partial charge in [0, 0.05) is 5.69 Å². The van der Waals surface area contributed by atoms with Gasteiger partial charge in [0.1, 0.15) is 11.6 Å². The number of halogens is 3. The predicted octanol–water partition coefficient (Wildman–Crippen LogP) is 4.87. The molecule has 0 spiro atoms. The zero-order valence-corrected chi connectivity index (χ0v) is 12.2. The first-order chi connectivity index (χ1) is 9.60. The van der Waals surface area contributed by atoms with Crippen molar-refractivity contribution < 1.29 is 4.39 Å². The first-order valence-electron chi connectivity index (χ1n) is 6.09. The second kappa shape index (κ2) is 5.08. The number of fused-ring (bicyclic) bond motifs is 1. The Morgan fingerprint density at radius 2 is 2.00 bits per heavy atom. The molecule has 0 atom stereocenters. The molecule has 1 aromatic heterocycles. The Balaban J connectivity index is 2.30. The summed E-state index contributed by atoms with van der Waals surface area (Å²) in [6.45, 7) is 2.01. The molecule has 0 aliphatic heterocycles. The Labute approximate surface area is 125 Å². The fourth-order valence-electron chi connectivity index (χ4n) is 2.24. The second-order valence-electron chi connectivity index (χ2n) is 4.59. The van der Waals surface area contributed by atoms with Gasteiger partial charge in [-0.05, 0) is 42.8 Å². The minimum atomic E-state index is -0.442. The topological polar surface area (TPSA) is 17.8 Å². The van der Waals surface area contributed by atoms with Crippen LogP contribution in [0.5, 0.6) is 0 Å². The number of imidazole rings is 1. The van der Waals surface area contributed by atoms with Crippen LogP contribution in [0.3, 0.4) is 0 Å². The fraction of sp³-hybridized carbons (Fsp3) is 0.133. The maximum atomic E-state index is 13.3. The Kier molecular flexibility index (Phi) is 3.40. The molecule has 5 heteroatoms. The number of aryl methyl sites for hydroxylation is 1. The predicted molar refractivity (Wildman–Crippen MR) is 80.3 cm³/mol. The average Bonchev–Trinajstić information content (AvgIpc) is 2.79. The van der Waals surface area contributed by atoms with Crippen molar-refractivity contribution in [3.8, 4) is 5.69 Å². The van der Waals surface area contributed by atoms with Gasteiger partial charge in [-0.1, -0.05) is 17.7 Å². The molecular weight excluding hydrogens is 298 g/mol. The zero-order chi connectivity index (χ0) is 14.3. The molecule has 3 rings (SSSR count). The molecule has 0 aliphatic rings. The second-order valence-corrected chi connectivity index (χ2v) is 5.26. The number of hydrogen-bond donors (Lipinski definition) is 0. The van der Waals surface area contributed by atoms with E-state index < -0.39 is 5.82 Å². The minimum Gasteiger partial charge on any atom is -0.295 e. The van der Waals surface area contributed by atoms with E-state index in [0.717, 1.165) is 22.3 Å². The molecule has 0 radical (unpaired) electrons. The number of hydrogen-bond acceptors (Lipinski definition) is 1. The van der Waals surface area contributed by atoms with Crippen molar-refractivity contribution in [1.82, 2.24) is 9.55 Å². The van der Waals surface area contributed by atoms with Crippen LogP contribution in [0.2, 0.25) is 5.02 Å². The highest BCUT2D eigenvalue weighted by Gasteiger charge is 2.13. The Morgan fingerprint density at radius 1 is 1.20 bits per heavy atom. The number of benzene rings is 2. The van der Waals surface area contributed by atoms with Crippen molar-refractivity contribution in [2.45, 2.75) is 12.8 Å². The molecule has 20 heavy (non-hydrogen) atoms. The smallest absolute Gasteiger partial charge is 0.141 e. The van der Waals surface area contributed by atoms with E-state index in [0.29, 0.717) is 5.82 Å². The van der Waals surface area contributed by atoms with Crippen LogP contribution >= 0.6 is 23.2 Å². The number of nitrogens with zero attached hydrogens (tertiary/aromatic N) is 2. The van der Waals surface area contributed by atoms with E-state index in [1.165, 1.54) is 6.07 Å². The van der Waals surface area contributed by atoms with Crippen molar-refractivity contribution in [1.29, 1.82) is 0 Å². The van der Waals surface area contributed by atoms with Crippen LogP contribution in [0, 0.1) is 12.7 Å². The number of alkyl halides is 1. The van der Waals surface area contributed by atoms with E-state index in [4.69, 9.17) is 23.2 Å². The Morgan fingerprint density at radius 3 is 2.70 bits per heavy atom. The summed E-state index contributed by atoms with van der Waals surface area (Å²) in [5.41, 5.74) is 3.66. The normalized spacial score (nSPS) is 11.2. The third-order valence-corrected chi connectivity index (χ3v) is 3.69. The molecule has 102 valence electrons. The summed E-state index contributed by atoms with van der Waals surface area (Å²) in [4.78, 5) is 4.51. The van der Waals surface area contributed by atoms with Gasteiger partial charge in [-0.2, -0.15) is 0 Å². The maximum absolute atomic E-state index is 13.3. The first-order valence-corrected chi connectivity index (χ1v) is 7.01. The molecule has 1 heterocycles. The van der Waals surface area contributed by atoms with Gasteiger partial charge in [0.15, 0.2) is 0 Å². The molecule has 0 aliphatic carbocycles. The standard InChI is InChI=1S/C15H11Cl2FN2/c1-9-2-5-14-13(6-9)19-15(8-16)20(14)10-3-4-12(18)11(17)7-10/h2-7H,8H2,1H3. The van der Waals surface area contributed by atoms with Gasteiger partial charge < -0.3 is 0 Å². The zero-order valence-electron chi connectivity index (χ0n) is 10.7. The van der Waals surface area contributed by atoms with Gasteiger partial charge in [0.2, 0.25) is 0 Å². The SMILES string of the molecule is Cc1ccc2c(c1)nc(CCl)n2-c1ccc(F)c(Cl)c1. The van der Waals surface area contributed by atoms with Crippen molar-refractivity contribution in [3.63, 3.8) is 0 Å². The first kappa shape index (κ1) is 13.4. The van der Waals surface area contributed by atoms with Gasteiger partial charge in [-0.3, -0.25) is 4.57 Å². The van der Waals surface area contributed by atoms with Crippen LogP contribution in [-0.2, 0) is 5.88 Å². The third kappa shape index (κ3) is 2.17. The summed E-state index contributed by atoms with van der Waals surface area (Å²) in [6.07, 6.45) is 0. The van der Waals surface area contributed by atoms with E-state index >= 15 is 0 Å². The van der Waals surface area contributed by atoms with Gasteiger partial charge in [0.05, 0.1) is 21.9 Å². The molecule has 0 N–H and O–H groups in total. The van der Waals surface area contributed by atoms with E-state index in [1.807, 2.05) is 29.7 Å². The van der Waals surface area contributed by atoms with Crippen molar-refractivity contribution >= 4 is 34.2 Å². The molecule has 0 saturated carbocycles. The number of aromatic nitrogens is 2. The van der Waals surface area contributed by atoms with Crippen LogP contribution in [0.25, 0.3) is 16.7 Å². The molecule has 0 saturated heterocycles. The Bertz CT molecular complexity index is 796. The number of rotatable bonds is 2. The average molecular weight is 309 g/mol. The van der Waals surface area contributed by atoms with Crippen LogP contribution < -0.4 is 0 Å². The Hall–Kier alpha value is -1.58. The molecule has 0 fully saturated rings. The van der Waals surface area contributed by atoms with Gasteiger partial charge in [-0.25, -0.2) is 9.37 Å². The van der Waals surface area contributed by atoms with E-state index in [2.05, 4.69) is 4.98 Å². The maximum Gasteiger partial charge on any atom is 0.141 e. The van der Waals surface area contributed by atoms with Crippen LogP contribution in [-0.4, -0.2) is 9.55 Å². The van der Waals surface area contributed by atoms with E-state index in [9.17, 15) is 4.39 Å². The van der Waals surface area contributed by atoms with Gasteiger partial charge in [-0.15, -0.1) is 11.6 Å². The monoisotopic (exact) mass is 308 g/mol. The minimum absolute atomic E-state index is 0.0805. The largest absolute Gasteiger partial charge is 0.295 e. The quantitative estimate of drug-likeness (QED) is 0.618. The molecule has 2 aromatic carbocycles. The van der Waals surface area contributed by atoms with Crippen LogP contribution in [0.4, 0.5) is 4.39 Å². The highest BCUT2D eigenvalue weighted by Crippen LogP contribution is 2.26. The summed E-state index contributed by atoms with van der Waals surface area (Å²) >= 11 is 11.8. The molecule has 0 amide bonds. The lowest BCUT2D eigenvalue weighted by molar-refractivity contribution is 0.628. The highest BCUT2D eigenvalue weighted by molar-refractivity contribution is 6.30. The molecular formula is C15H11Cl2FN2. The molecule has 2 nitrogen and oxygen atoms in total. The van der Waals surface area contributed by atoms with Crippen molar-refractivity contribution in [3.05, 3.63) is 58.6 Å². The van der Waals surface area contributed by atoms with Gasteiger partial charge >= 0.3 is 0 Å². The van der Waals surface area contributed by atoms with E-state index in [-0.39, 0.29) is 10.9 Å². The lowest BCUT2D eigenvalue weighted by atomic mass is 10.2. The van der Waals surface area contributed by atoms with Crippen molar-refractivity contribution in [2.24, 2.45) is 0 Å². The van der Waals surface area contributed by atoms with Gasteiger partial charge in [0.25, 0.3) is 0 Å². The van der Waals surface area contributed by atoms with E-state index in [1.54, 1.807) is 12.1 Å². The summed E-state index contributed by atoms with van der Waals surface area (Å²) in [5, 5.41) is 0.0805.